The fraction of sp³-hybridized carbons (Fsp3) is 0.889. The van der Waals surface area contributed by atoms with Crippen molar-refractivity contribution in [1.29, 1.82) is 0 Å². The monoisotopic (exact) mass is 155 g/mol. The number of aliphatic hydroxyl groups excluding tert-OH is 1. The molecule has 2 nitrogen and oxygen atoms in total. The van der Waals surface area contributed by atoms with E-state index in [-0.39, 0.29) is 6.61 Å². The van der Waals surface area contributed by atoms with E-state index >= 15 is 0 Å². The number of hydrogen-bond acceptors (Lipinski definition) is 2. The van der Waals surface area contributed by atoms with Crippen LogP contribution in [0.4, 0.5) is 0 Å². The summed E-state index contributed by atoms with van der Waals surface area (Å²) in [6.45, 7) is 10.3. The Hall–Kier alpha value is -0.0800. The van der Waals surface area contributed by atoms with Crippen molar-refractivity contribution in [1.82, 2.24) is 4.90 Å². The molecule has 0 saturated carbocycles. The lowest BCUT2D eigenvalue weighted by molar-refractivity contribution is 0.193. The standard InChI is InChI=1S/C9H17NO/c1-8-3-5-10(7-8)9(2)4-6-11/h1,8-9,11H,3-7H2,2H3. The molecule has 0 bridgehead atoms. The molecule has 2 radical (unpaired) electrons. The molecule has 1 saturated heterocycles. The van der Waals surface area contributed by atoms with Crippen molar-refractivity contribution in [2.24, 2.45) is 5.92 Å². The smallest absolute Gasteiger partial charge is 0.0445 e. The molecule has 2 atom stereocenters. The predicted octanol–water partition coefficient (Wildman–Crippen LogP) is 0.790. The van der Waals surface area contributed by atoms with Crippen LogP contribution < -0.4 is 0 Å². The molecule has 1 aliphatic rings. The van der Waals surface area contributed by atoms with E-state index < -0.39 is 0 Å². The van der Waals surface area contributed by atoms with E-state index in [1.807, 2.05) is 0 Å². The third-order valence-electron chi connectivity index (χ3n) is 2.43. The van der Waals surface area contributed by atoms with Crippen LogP contribution in [0.1, 0.15) is 19.8 Å². The summed E-state index contributed by atoms with van der Waals surface area (Å²) in [5.74, 6) is 0.358. The van der Waals surface area contributed by atoms with Gasteiger partial charge in [0, 0.05) is 19.2 Å². The maximum Gasteiger partial charge on any atom is 0.0445 e. The minimum atomic E-state index is 0.285. The van der Waals surface area contributed by atoms with Gasteiger partial charge in [0.1, 0.15) is 0 Å². The number of likely N-dealkylation sites (tertiary alicyclic amines) is 1. The van der Waals surface area contributed by atoms with Crippen LogP contribution in [0.5, 0.6) is 0 Å². The van der Waals surface area contributed by atoms with Crippen LogP contribution in [0.2, 0.25) is 0 Å². The average Bonchev–Trinajstić information content (AvgIpc) is 2.36. The van der Waals surface area contributed by atoms with E-state index in [4.69, 9.17) is 12.0 Å². The molecule has 1 N–H and O–H groups in total. The van der Waals surface area contributed by atoms with Gasteiger partial charge >= 0.3 is 0 Å². The molecular weight excluding hydrogens is 138 g/mol. The first-order valence-electron chi connectivity index (χ1n) is 4.34. The van der Waals surface area contributed by atoms with E-state index in [1.165, 1.54) is 0 Å². The van der Waals surface area contributed by atoms with Gasteiger partial charge in [0.25, 0.3) is 0 Å². The molecule has 0 aromatic carbocycles. The third kappa shape index (κ3) is 2.46. The number of rotatable bonds is 3. The first-order chi connectivity index (χ1) is 5.24. The maximum absolute atomic E-state index is 8.70. The Kier molecular flexibility index (Phi) is 3.34. The van der Waals surface area contributed by atoms with Crippen molar-refractivity contribution in [3.63, 3.8) is 0 Å². The van der Waals surface area contributed by atoms with Crippen molar-refractivity contribution >= 4 is 0 Å². The Bertz CT molecular complexity index is 116. The lowest BCUT2D eigenvalue weighted by atomic mass is 10.2. The third-order valence-corrected chi connectivity index (χ3v) is 2.43. The molecule has 11 heavy (non-hydrogen) atoms. The zero-order valence-corrected chi connectivity index (χ0v) is 7.16. The molecule has 1 rings (SSSR count). The SMILES string of the molecule is [CH]C1CCN(C(C)CCO)C1. The van der Waals surface area contributed by atoms with Crippen LogP contribution in [0.25, 0.3) is 0 Å². The number of nitrogens with zero attached hydrogens (tertiary/aromatic N) is 1. The van der Waals surface area contributed by atoms with Crippen molar-refractivity contribution in [2.75, 3.05) is 19.7 Å². The van der Waals surface area contributed by atoms with Gasteiger partial charge in [-0.2, -0.15) is 0 Å². The van der Waals surface area contributed by atoms with E-state index in [2.05, 4.69) is 11.8 Å². The van der Waals surface area contributed by atoms with Gasteiger partial charge in [0.2, 0.25) is 0 Å². The molecule has 1 aliphatic heterocycles. The fourth-order valence-corrected chi connectivity index (χ4v) is 1.59. The zero-order valence-electron chi connectivity index (χ0n) is 7.16. The van der Waals surface area contributed by atoms with Crippen LogP contribution in [0, 0.1) is 12.8 Å². The van der Waals surface area contributed by atoms with Crippen LogP contribution in [0.15, 0.2) is 0 Å². The molecule has 0 aromatic rings. The summed E-state index contributed by atoms with van der Waals surface area (Å²) < 4.78 is 0. The first kappa shape index (κ1) is 9.01. The molecule has 1 fully saturated rings. The van der Waals surface area contributed by atoms with Crippen molar-refractivity contribution in [3.8, 4) is 0 Å². The highest BCUT2D eigenvalue weighted by atomic mass is 16.3. The predicted molar refractivity (Wildman–Crippen MR) is 45.1 cm³/mol. The first-order valence-corrected chi connectivity index (χ1v) is 4.34. The highest BCUT2D eigenvalue weighted by Gasteiger charge is 2.22. The molecule has 0 amide bonds. The van der Waals surface area contributed by atoms with Gasteiger partial charge in [-0.15, -0.1) is 0 Å². The second-order valence-electron chi connectivity index (χ2n) is 3.40. The van der Waals surface area contributed by atoms with Crippen molar-refractivity contribution < 1.29 is 5.11 Å². The van der Waals surface area contributed by atoms with Crippen LogP contribution in [-0.2, 0) is 0 Å². The second kappa shape index (κ2) is 4.07. The van der Waals surface area contributed by atoms with Gasteiger partial charge in [-0.25, -0.2) is 0 Å². The summed E-state index contributed by atoms with van der Waals surface area (Å²) in [5.41, 5.74) is 0. The molecule has 0 aliphatic carbocycles. The zero-order chi connectivity index (χ0) is 8.27. The van der Waals surface area contributed by atoms with E-state index in [1.54, 1.807) is 0 Å². The summed E-state index contributed by atoms with van der Waals surface area (Å²) in [7, 11) is 0. The lowest BCUT2D eigenvalue weighted by Gasteiger charge is -2.22. The van der Waals surface area contributed by atoms with Gasteiger partial charge in [0.05, 0.1) is 0 Å². The van der Waals surface area contributed by atoms with Gasteiger partial charge in [0.15, 0.2) is 0 Å². The summed E-state index contributed by atoms with van der Waals surface area (Å²) in [5, 5.41) is 8.70. The van der Waals surface area contributed by atoms with Crippen molar-refractivity contribution in [2.45, 2.75) is 25.8 Å². The maximum atomic E-state index is 8.70. The minimum Gasteiger partial charge on any atom is -0.396 e. The summed E-state index contributed by atoms with van der Waals surface area (Å²) >= 11 is 0. The highest BCUT2D eigenvalue weighted by Crippen LogP contribution is 2.18. The molecule has 2 unspecified atom stereocenters. The highest BCUT2D eigenvalue weighted by molar-refractivity contribution is 4.80. The topological polar surface area (TPSA) is 23.5 Å². The van der Waals surface area contributed by atoms with E-state index in [0.29, 0.717) is 12.0 Å². The van der Waals surface area contributed by atoms with Crippen LogP contribution in [-0.4, -0.2) is 35.7 Å². The number of aliphatic hydroxyl groups is 1. The quantitative estimate of drug-likeness (QED) is 0.651. The van der Waals surface area contributed by atoms with Gasteiger partial charge < -0.3 is 10.0 Å². The molecule has 64 valence electrons. The van der Waals surface area contributed by atoms with E-state index in [9.17, 15) is 0 Å². The Labute approximate surface area is 69.2 Å². The molecule has 0 spiro atoms. The van der Waals surface area contributed by atoms with Gasteiger partial charge in [-0.1, -0.05) is 0 Å². The Morgan fingerprint density at radius 3 is 2.91 bits per heavy atom. The largest absolute Gasteiger partial charge is 0.396 e. The van der Waals surface area contributed by atoms with Crippen LogP contribution >= 0.6 is 0 Å². The van der Waals surface area contributed by atoms with Crippen LogP contribution in [0.3, 0.4) is 0 Å². The average molecular weight is 155 g/mol. The molecule has 1 heterocycles. The van der Waals surface area contributed by atoms with E-state index in [0.717, 1.165) is 25.9 Å². The normalized spacial score (nSPS) is 29.2. The molecule has 2 heteroatoms. The lowest BCUT2D eigenvalue weighted by Crippen LogP contribution is -2.31. The van der Waals surface area contributed by atoms with Gasteiger partial charge in [-0.3, -0.25) is 0 Å². The fourth-order valence-electron chi connectivity index (χ4n) is 1.59. The molecular formula is C9H17NO. The Balaban J connectivity index is 2.25. The summed E-state index contributed by atoms with van der Waals surface area (Å²) in [4.78, 5) is 2.35. The summed E-state index contributed by atoms with van der Waals surface area (Å²) in [6, 6.07) is 0.494. The molecule has 0 aromatic heterocycles. The summed E-state index contributed by atoms with van der Waals surface area (Å²) in [6.07, 6.45) is 1.97. The Morgan fingerprint density at radius 2 is 2.45 bits per heavy atom. The van der Waals surface area contributed by atoms with Gasteiger partial charge in [-0.05, 0) is 39.2 Å². The van der Waals surface area contributed by atoms with Crippen molar-refractivity contribution in [3.05, 3.63) is 6.92 Å². The number of hydrogen-bond donors (Lipinski definition) is 1. The minimum absolute atomic E-state index is 0.285. The Morgan fingerprint density at radius 1 is 1.73 bits per heavy atom. The second-order valence-corrected chi connectivity index (χ2v) is 3.40.